The second-order valence-corrected chi connectivity index (χ2v) is 5.72. The van der Waals surface area contributed by atoms with Crippen LogP contribution in [0.1, 0.15) is 33.1 Å². The molecular weight excluding hydrogens is 263 g/mol. The van der Waals surface area contributed by atoms with E-state index in [1.807, 2.05) is 26.0 Å². The van der Waals surface area contributed by atoms with E-state index >= 15 is 0 Å². The van der Waals surface area contributed by atoms with Gasteiger partial charge in [-0.2, -0.15) is 0 Å². The van der Waals surface area contributed by atoms with Crippen molar-refractivity contribution in [3.63, 3.8) is 0 Å². The first kappa shape index (κ1) is 13.7. The average Bonchev–Trinajstić information content (AvgIpc) is 2.83. The highest BCUT2D eigenvalue weighted by Gasteiger charge is 2.22. The van der Waals surface area contributed by atoms with Crippen molar-refractivity contribution in [3.05, 3.63) is 51.7 Å². The fraction of sp³-hybridized carbons (Fsp3) is 0.286. The summed E-state index contributed by atoms with van der Waals surface area (Å²) in [5.74, 6) is -0.924. The summed E-state index contributed by atoms with van der Waals surface area (Å²) >= 11 is 1.64. The normalized spacial score (nSPS) is 12.2. The van der Waals surface area contributed by atoms with Crippen LogP contribution in [0.3, 0.4) is 0 Å². The van der Waals surface area contributed by atoms with Crippen molar-refractivity contribution in [2.24, 2.45) is 0 Å². The van der Waals surface area contributed by atoms with Gasteiger partial charge in [0.2, 0.25) is 0 Å². The molecule has 5 heteroatoms. The van der Waals surface area contributed by atoms with Crippen LogP contribution in [0.4, 0.5) is 4.39 Å². The highest BCUT2D eigenvalue weighted by molar-refractivity contribution is 7.12. The number of aromatic nitrogens is 1. The second kappa shape index (κ2) is 5.48. The van der Waals surface area contributed by atoms with Crippen molar-refractivity contribution in [2.45, 2.75) is 19.9 Å². The molecule has 2 aromatic heterocycles. The summed E-state index contributed by atoms with van der Waals surface area (Å²) in [6.07, 6.45) is 2.48. The third kappa shape index (κ3) is 2.81. The summed E-state index contributed by atoms with van der Waals surface area (Å²) in [5, 5.41) is 0. The largest absolute Gasteiger partial charge is 0.334 e. The number of hydrogen-bond acceptors (Lipinski definition) is 3. The predicted octanol–water partition coefficient (Wildman–Crippen LogP) is 3.42. The van der Waals surface area contributed by atoms with Gasteiger partial charge in [-0.3, -0.25) is 9.78 Å². The summed E-state index contributed by atoms with van der Waals surface area (Å²) in [5.41, 5.74) is 0.0534. The van der Waals surface area contributed by atoms with Gasteiger partial charge in [0.1, 0.15) is 0 Å². The van der Waals surface area contributed by atoms with Gasteiger partial charge in [-0.1, -0.05) is 0 Å². The number of aryl methyl sites for hydroxylation is 1. The molecule has 0 aliphatic carbocycles. The number of rotatable bonds is 3. The van der Waals surface area contributed by atoms with Gasteiger partial charge in [-0.15, -0.1) is 11.3 Å². The Labute approximate surface area is 115 Å². The monoisotopic (exact) mass is 278 g/mol. The zero-order valence-electron chi connectivity index (χ0n) is 11.1. The summed E-state index contributed by atoms with van der Waals surface area (Å²) in [6, 6.07) is 5.33. The molecule has 0 spiro atoms. The number of nitrogens with zero attached hydrogens (tertiary/aromatic N) is 2. The summed E-state index contributed by atoms with van der Waals surface area (Å²) in [6.45, 7) is 3.95. The lowest BCUT2D eigenvalue weighted by Gasteiger charge is -2.24. The maximum atomic E-state index is 13.6. The standard InChI is InChI=1S/C14H15FN2OS/c1-9-4-5-13(19-9)10(2)17(3)14(18)11-6-7-16-8-12(11)15/h4-8,10H,1-3H3. The predicted molar refractivity (Wildman–Crippen MR) is 73.8 cm³/mol. The van der Waals surface area contributed by atoms with E-state index in [1.165, 1.54) is 17.1 Å². The minimum atomic E-state index is -0.589. The Balaban J connectivity index is 2.22. The molecule has 2 heterocycles. The Morgan fingerprint density at radius 2 is 2.16 bits per heavy atom. The van der Waals surface area contributed by atoms with E-state index in [0.29, 0.717) is 0 Å². The number of hydrogen-bond donors (Lipinski definition) is 0. The highest BCUT2D eigenvalue weighted by Crippen LogP contribution is 2.27. The molecule has 1 unspecified atom stereocenters. The molecule has 0 aromatic carbocycles. The molecule has 1 amide bonds. The Bertz CT molecular complexity index is 597. The van der Waals surface area contributed by atoms with E-state index in [1.54, 1.807) is 23.3 Å². The van der Waals surface area contributed by atoms with Gasteiger partial charge in [0.15, 0.2) is 5.82 Å². The topological polar surface area (TPSA) is 33.2 Å². The number of carbonyl (C=O) groups excluding carboxylic acids is 1. The maximum Gasteiger partial charge on any atom is 0.257 e. The van der Waals surface area contributed by atoms with Crippen molar-refractivity contribution < 1.29 is 9.18 Å². The molecule has 3 nitrogen and oxygen atoms in total. The Hall–Kier alpha value is -1.75. The van der Waals surface area contributed by atoms with E-state index in [4.69, 9.17) is 0 Å². The van der Waals surface area contributed by atoms with Gasteiger partial charge < -0.3 is 4.90 Å². The van der Waals surface area contributed by atoms with Gasteiger partial charge >= 0.3 is 0 Å². The quantitative estimate of drug-likeness (QED) is 0.862. The van der Waals surface area contributed by atoms with E-state index in [0.717, 1.165) is 11.1 Å². The Kier molecular flexibility index (Phi) is 3.95. The maximum absolute atomic E-state index is 13.6. The molecule has 2 rings (SSSR count). The first-order valence-electron chi connectivity index (χ1n) is 5.93. The van der Waals surface area contributed by atoms with E-state index in [2.05, 4.69) is 4.98 Å². The van der Waals surface area contributed by atoms with E-state index in [9.17, 15) is 9.18 Å². The van der Waals surface area contributed by atoms with E-state index < -0.39 is 5.82 Å². The third-order valence-corrected chi connectivity index (χ3v) is 4.25. The second-order valence-electron chi connectivity index (χ2n) is 4.40. The van der Waals surface area contributed by atoms with Crippen molar-refractivity contribution in [3.8, 4) is 0 Å². The molecule has 2 aromatic rings. The van der Waals surface area contributed by atoms with Crippen LogP contribution >= 0.6 is 11.3 Å². The fourth-order valence-electron chi connectivity index (χ4n) is 1.78. The fourth-order valence-corrected chi connectivity index (χ4v) is 2.76. The molecule has 100 valence electrons. The molecule has 0 aliphatic rings. The van der Waals surface area contributed by atoms with Gasteiger partial charge in [-0.25, -0.2) is 4.39 Å². The number of amides is 1. The molecule has 0 radical (unpaired) electrons. The summed E-state index contributed by atoms with van der Waals surface area (Å²) in [4.78, 5) is 19.7. The third-order valence-electron chi connectivity index (χ3n) is 3.08. The van der Waals surface area contributed by atoms with Crippen LogP contribution in [0, 0.1) is 12.7 Å². The van der Waals surface area contributed by atoms with E-state index in [-0.39, 0.29) is 17.5 Å². The molecular formula is C14H15FN2OS. The minimum Gasteiger partial charge on any atom is -0.334 e. The molecule has 0 saturated heterocycles. The number of halogens is 1. The van der Waals surface area contributed by atoms with Crippen LogP contribution in [0.25, 0.3) is 0 Å². The lowest BCUT2D eigenvalue weighted by molar-refractivity contribution is 0.0740. The number of pyridine rings is 1. The first-order chi connectivity index (χ1) is 9.00. The molecule has 0 aliphatic heterocycles. The molecule has 0 fully saturated rings. The molecule has 0 saturated carbocycles. The lowest BCUT2D eigenvalue weighted by Crippen LogP contribution is -2.29. The van der Waals surface area contributed by atoms with Crippen molar-refractivity contribution >= 4 is 17.2 Å². The van der Waals surface area contributed by atoms with Crippen LogP contribution in [0.2, 0.25) is 0 Å². The van der Waals surface area contributed by atoms with Crippen molar-refractivity contribution in [1.82, 2.24) is 9.88 Å². The molecule has 19 heavy (non-hydrogen) atoms. The smallest absolute Gasteiger partial charge is 0.257 e. The zero-order valence-corrected chi connectivity index (χ0v) is 11.9. The average molecular weight is 278 g/mol. The van der Waals surface area contributed by atoms with Crippen LogP contribution < -0.4 is 0 Å². The number of thiophene rings is 1. The van der Waals surface area contributed by atoms with Crippen molar-refractivity contribution in [2.75, 3.05) is 7.05 Å². The van der Waals surface area contributed by atoms with Crippen molar-refractivity contribution in [1.29, 1.82) is 0 Å². The molecule has 0 bridgehead atoms. The molecule has 0 N–H and O–H groups in total. The zero-order chi connectivity index (χ0) is 14.0. The SMILES string of the molecule is Cc1ccc(C(C)N(C)C(=O)c2ccncc2F)s1. The highest BCUT2D eigenvalue weighted by atomic mass is 32.1. The summed E-state index contributed by atoms with van der Waals surface area (Å²) < 4.78 is 13.6. The number of carbonyl (C=O) groups is 1. The van der Waals surface area contributed by atoms with Crippen LogP contribution in [0.5, 0.6) is 0 Å². The first-order valence-corrected chi connectivity index (χ1v) is 6.75. The van der Waals surface area contributed by atoms with Gasteiger partial charge in [0.05, 0.1) is 17.8 Å². The molecule has 1 atom stereocenters. The van der Waals surface area contributed by atoms with Crippen LogP contribution in [-0.4, -0.2) is 22.8 Å². The minimum absolute atomic E-state index is 0.0534. The van der Waals surface area contributed by atoms with Crippen LogP contribution in [-0.2, 0) is 0 Å². The summed E-state index contributed by atoms with van der Waals surface area (Å²) in [7, 11) is 1.68. The van der Waals surface area contributed by atoms with Gasteiger partial charge in [-0.05, 0) is 32.0 Å². The lowest BCUT2D eigenvalue weighted by atomic mass is 10.2. The van der Waals surface area contributed by atoms with Crippen LogP contribution in [0.15, 0.2) is 30.6 Å². The van der Waals surface area contributed by atoms with Gasteiger partial charge in [0, 0.05) is 23.0 Å². The Morgan fingerprint density at radius 1 is 1.42 bits per heavy atom. The van der Waals surface area contributed by atoms with Gasteiger partial charge in [0.25, 0.3) is 5.91 Å². The Morgan fingerprint density at radius 3 is 2.74 bits per heavy atom.